The summed E-state index contributed by atoms with van der Waals surface area (Å²) in [4.78, 5) is 26.0. The number of nitrogens with zero attached hydrogens (tertiary/aromatic N) is 1. The number of imide groups is 1. The van der Waals surface area contributed by atoms with Crippen LogP contribution >= 0.6 is 0 Å². The number of amides is 2. The summed E-state index contributed by atoms with van der Waals surface area (Å²) in [6.45, 7) is 0.0229. The minimum atomic E-state index is -3.79. The van der Waals surface area contributed by atoms with E-state index in [1.165, 1.54) is 19.2 Å². The summed E-state index contributed by atoms with van der Waals surface area (Å²) < 4.78 is 27.8. The van der Waals surface area contributed by atoms with Crippen LogP contribution in [-0.2, 0) is 26.0 Å². The first-order valence-corrected chi connectivity index (χ1v) is 9.83. The molecular formula is C19H18N2O6S. The van der Waals surface area contributed by atoms with Crippen LogP contribution in [0.25, 0.3) is 5.57 Å². The van der Waals surface area contributed by atoms with Gasteiger partial charge < -0.3 is 9.84 Å². The Balaban J connectivity index is 1.79. The fourth-order valence-electron chi connectivity index (χ4n) is 2.95. The van der Waals surface area contributed by atoms with Gasteiger partial charge in [0.05, 0.1) is 17.6 Å². The monoisotopic (exact) mass is 402 g/mol. The molecule has 28 heavy (non-hydrogen) atoms. The number of ether oxygens (including phenoxy) is 1. The zero-order valence-corrected chi connectivity index (χ0v) is 15.8. The van der Waals surface area contributed by atoms with Gasteiger partial charge in [0.25, 0.3) is 11.8 Å². The van der Waals surface area contributed by atoms with Gasteiger partial charge in [-0.3, -0.25) is 14.5 Å². The Morgan fingerprint density at radius 1 is 1.04 bits per heavy atom. The molecule has 3 rings (SSSR count). The van der Waals surface area contributed by atoms with Gasteiger partial charge in [-0.2, -0.15) is 0 Å². The van der Waals surface area contributed by atoms with Gasteiger partial charge in [-0.05, 0) is 30.2 Å². The van der Waals surface area contributed by atoms with Gasteiger partial charge in [-0.15, -0.1) is 0 Å². The number of aliphatic hydroxyl groups excluding tert-OH is 1. The zero-order valence-electron chi connectivity index (χ0n) is 15.0. The highest BCUT2D eigenvalue weighted by atomic mass is 32.2. The average Bonchev–Trinajstić information content (AvgIpc) is 2.88. The molecule has 0 saturated heterocycles. The molecule has 1 aliphatic heterocycles. The predicted octanol–water partition coefficient (Wildman–Crippen LogP) is 1.22. The highest BCUT2D eigenvalue weighted by Gasteiger charge is 2.39. The molecule has 9 heteroatoms. The molecule has 8 nitrogen and oxygen atoms in total. The summed E-state index contributed by atoms with van der Waals surface area (Å²) in [7, 11) is -2.36. The molecule has 0 radical (unpaired) electrons. The second-order valence-corrected chi connectivity index (χ2v) is 7.69. The van der Waals surface area contributed by atoms with E-state index in [9.17, 15) is 23.1 Å². The largest absolute Gasteiger partial charge is 0.502 e. The van der Waals surface area contributed by atoms with Crippen molar-refractivity contribution >= 4 is 27.4 Å². The fourth-order valence-corrected chi connectivity index (χ4v) is 3.46. The highest BCUT2D eigenvalue weighted by Crippen LogP contribution is 2.33. The number of methoxy groups -OCH3 is 1. The first-order chi connectivity index (χ1) is 13.2. The minimum absolute atomic E-state index is 0.0229. The van der Waals surface area contributed by atoms with Crippen molar-refractivity contribution in [3.63, 3.8) is 0 Å². The van der Waals surface area contributed by atoms with Gasteiger partial charge in [0.1, 0.15) is 5.75 Å². The zero-order chi connectivity index (χ0) is 20.5. The number of hydrogen-bond donors (Lipinski definition) is 2. The van der Waals surface area contributed by atoms with Gasteiger partial charge in [0.2, 0.25) is 10.0 Å². The lowest BCUT2D eigenvalue weighted by atomic mass is 10.0. The second-order valence-electron chi connectivity index (χ2n) is 6.12. The molecule has 0 saturated carbocycles. The van der Waals surface area contributed by atoms with Crippen molar-refractivity contribution in [3.8, 4) is 5.75 Å². The molecule has 2 amide bonds. The van der Waals surface area contributed by atoms with Gasteiger partial charge in [0.15, 0.2) is 5.76 Å². The number of carbonyl (C=O) groups is 2. The van der Waals surface area contributed by atoms with E-state index >= 15 is 0 Å². The number of nitrogens with two attached hydrogens (primary N) is 1. The van der Waals surface area contributed by atoms with Crippen LogP contribution < -0.4 is 9.88 Å². The lowest BCUT2D eigenvalue weighted by Gasteiger charge is -2.15. The predicted molar refractivity (Wildman–Crippen MR) is 101 cm³/mol. The Hall–Kier alpha value is -3.17. The molecule has 146 valence electrons. The second kappa shape index (κ2) is 7.45. The summed E-state index contributed by atoms with van der Waals surface area (Å²) in [5.74, 6) is -1.66. The SMILES string of the molecule is COc1ccccc1C1=C(O)C(=O)N(CCc2ccc(S(N)(=O)=O)cc2)C1=O. The molecule has 1 heterocycles. The Morgan fingerprint density at radius 3 is 2.29 bits per heavy atom. The maximum absolute atomic E-state index is 12.7. The Kier molecular flexibility index (Phi) is 5.21. The lowest BCUT2D eigenvalue weighted by molar-refractivity contribution is -0.138. The Morgan fingerprint density at radius 2 is 1.68 bits per heavy atom. The summed E-state index contributed by atoms with van der Waals surface area (Å²) in [5, 5.41) is 15.3. The van der Waals surface area contributed by atoms with E-state index in [4.69, 9.17) is 9.88 Å². The van der Waals surface area contributed by atoms with Crippen LogP contribution in [0.5, 0.6) is 5.75 Å². The quantitative estimate of drug-likeness (QED) is 0.700. The molecule has 0 spiro atoms. The van der Waals surface area contributed by atoms with Crippen LogP contribution in [0.1, 0.15) is 11.1 Å². The summed E-state index contributed by atoms with van der Waals surface area (Å²) in [6.07, 6.45) is 0.287. The Labute approximate surface area is 161 Å². The van der Waals surface area contributed by atoms with E-state index in [1.807, 2.05) is 0 Å². The molecule has 1 aliphatic rings. The van der Waals surface area contributed by atoms with Crippen LogP contribution in [0.4, 0.5) is 0 Å². The molecule has 2 aromatic rings. The van der Waals surface area contributed by atoms with Crippen LogP contribution in [0.3, 0.4) is 0 Å². The number of aliphatic hydroxyl groups is 1. The molecule has 0 aromatic heterocycles. The fraction of sp³-hybridized carbons (Fsp3) is 0.158. The number of sulfonamides is 1. The van der Waals surface area contributed by atoms with E-state index < -0.39 is 27.6 Å². The third-order valence-electron chi connectivity index (χ3n) is 4.40. The molecular weight excluding hydrogens is 384 g/mol. The van der Waals surface area contributed by atoms with E-state index in [0.717, 1.165) is 4.90 Å². The third kappa shape index (κ3) is 3.62. The molecule has 2 aromatic carbocycles. The summed E-state index contributed by atoms with van der Waals surface area (Å²) in [6, 6.07) is 12.4. The van der Waals surface area contributed by atoms with Crippen molar-refractivity contribution in [2.45, 2.75) is 11.3 Å². The molecule has 0 unspecified atom stereocenters. The van der Waals surface area contributed by atoms with Crippen molar-refractivity contribution < 1.29 is 27.9 Å². The van der Waals surface area contributed by atoms with E-state index in [2.05, 4.69) is 0 Å². The number of primary sulfonamides is 1. The number of hydrogen-bond acceptors (Lipinski definition) is 6. The highest BCUT2D eigenvalue weighted by molar-refractivity contribution is 7.89. The Bertz CT molecular complexity index is 1070. The maximum atomic E-state index is 12.7. The normalized spacial score (nSPS) is 14.7. The standard InChI is InChI=1S/C19H18N2O6S/c1-27-15-5-3-2-4-14(15)16-17(22)19(24)21(18(16)23)11-10-12-6-8-13(9-7-12)28(20,25)26/h2-9,22H,10-11H2,1H3,(H2,20,25,26). The van der Waals surface area contributed by atoms with Crippen LogP contribution in [-0.4, -0.2) is 43.9 Å². The number of carbonyl (C=O) groups excluding carboxylic acids is 2. The van der Waals surface area contributed by atoms with Crippen molar-refractivity contribution in [1.82, 2.24) is 4.90 Å². The number of para-hydroxylation sites is 1. The average molecular weight is 402 g/mol. The van der Waals surface area contributed by atoms with Crippen molar-refractivity contribution in [1.29, 1.82) is 0 Å². The molecule has 0 atom stereocenters. The van der Waals surface area contributed by atoms with E-state index in [0.29, 0.717) is 16.9 Å². The number of benzene rings is 2. The van der Waals surface area contributed by atoms with Crippen molar-refractivity contribution in [2.24, 2.45) is 5.14 Å². The third-order valence-corrected chi connectivity index (χ3v) is 5.33. The van der Waals surface area contributed by atoms with Crippen LogP contribution in [0.2, 0.25) is 0 Å². The first kappa shape index (κ1) is 19.6. The molecule has 3 N–H and O–H groups in total. The topological polar surface area (TPSA) is 127 Å². The van der Waals surface area contributed by atoms with E-state index in [1.54, 1.807) is 36.4 Å². The van der Waals surface area contributed by atoms with Gasteiger partial charge in [-0.25, -0.2) is 13.6 Å². The van der Waals surface area contributed by atoms with Crippen molar-refractivity contribution in [3.05, 3.63) is 65.4 Å². The molecule has 0 aliphatic carbocycles. The van der Waals surface area contributed by atoms with Gasteiger partial charge in [-0.1, -0.05) is 30.3 Å². The maximum Gasteiger partial charge on any atom is 0.296 e. The number of rotatable bonds is 6. The summed E-state index contributed by atoms with van der Waals surface area (Å²) >= 11 is 0. The smallest absolute Gasteiger partial charge is 0.296 e. The van der Waals surface area contributed by atoms with Crippen LogP contribution in [0, 0.1) is 0 Å². The lowest BCUT2D eigenvalue weighted by Crippen LogP contribution is -2.33. The van der Waals surface area contributed by atoms with E-state index in [-0.39, 0.29) is 23.4 Å². The first-order valence-electron chi connectivity index (χ1n) is 8.28. The molecule has 0 bridgehead atoms. The van der Waals surface area contributed by atoms with Crippen molar-refractivity contribution in [2.75, 3.05) is 13.7 Å². The van der Waals surface area contributed by atoms with Gasteiger partial charge >= 0.3 is 0 Å². The van der Waals surface area contributed by atoms with Gasteiger partial charge in [0, 0.05) is 12.1 Å². The minimum Gasteiger partial charge on any atom is -0.502 e. The molecule has 0 fully saturated rings. The van der Waals surface area contributed by atoms with Crippen LogP contribution in [0.15, 0.2) is 59.2 Å². The summed E-state index contributed by atoms with van der Waals surface area (Å²) in [5.41, 5.74) is 0.936.